The molecule has 16 heavy (non-hydrogen) atoms. The standard InChI is InChI=1S/C11H17N5/c1-3-4-5-8(2)16-11-9(6-15-16)10(12)13-7-14-11/h6-8H,3-5H2,1-2H3,(H2,12,13,14). The molecule has 0 aliphatic carbocycles. The number of hydrogen-bond acceptors (Lipinski definition) is 4. The quantitative estimate of drug-likeness (QED) is 0.855. The Balaban J connectivity index is 2.34. The number of nitrogens with two attached hydrogens (primary N) is 1. The summed E-state index contributed by atoms with van der Waals surface area (Å²) < 4.78 is 1.93. The van der Waals surface area contributed by atoms with E-state index in [0.717, 1.165) is 17.5 Å². The van der Waals surface area contributed by atoms with E-state index in [2.05, 4.69) is 28.9 Å². The summed E-state index contributed by atoms with van der Waals surface area (Å²) in [6.07, 6.45) is 6.73. The zero-order valence-corrected chi connectivity index (χ0v) is 9.72. The number of unbranched alkanes of at least 4 members (excludes halogenated alkanes) is 1. The van der Waals surface area contributed by atoms with Crippen LogP contribution in [0.3, 0.4) is 0 Å². The van der Waals surface area contributed by atoms with Crippen LogP contribution in [0.5, 0.6) is 0 Å². The molecule has 0 bridgehead atoms. The molecular formula is C11H17N5. The van der Waals surface area contributed by atoms with Crippen LogP contribution in [0, 0.1) is 0 Å². The lowest BCUT2D eigenvalue weighted by Gasteiger charge is -2.11. The third kappa shape index (κ3) is 1.85. The topological polar surface area (TPSA) is 69.6 Å². The summed E-state index contributed by atoms with van der Waals surface area (Å²) in [5.41, 5.74) is 6.60. The minimum Gasteiger partial charge on any atom is -0.383 e. The Kier molecular flexibility index (Phi) is 3.03. The highest BCUT2D eigenvalue weighted by molar-refractivity contribution is 5.84. The Morgan fingerprint density at radius 1 is 1.44 bits per heavy atom. The Morgan fingerprint density at radius 3 is 3.00 bits per heavy atom. The zero-order valence-electron chi connectivity index (χ0n) is 9.72. The summed E-state index contributed by atoms with van der Waals surface area (Å²) in [7, 11) is 0. The number of aromatic nitrogens is 4. The second kappa shape index (κ2) is 4.47. The Bertz CT molecular complexity index is 476. The van der Waals surface area contributed by atoms with Gasteiger partial charge < -0.3 is 5.73 Å². The zero-order chi connectivity index (χ0) is 11.5. The van der Waals surface area contributed by atoms with Crippen molar-refractivity contribution in [1.29, 1.82) is 0 Å². The van der Waals surface area contributed by atoms with Gasteiger partial charge in [0.25, 0.3) is 0 Å². The van der Waals surface area contributed by atoms with Crippen molar-refractivity contribution in [2.45, 2.75) is 39.2 Å². The number of nitrogens with zero attached hydrogens (tertiary/aromatic N) is 4. The molecule has 0 saturated carbocycles. The van der Waals surface area contributed by atoms with Gasteiger partial charge in [0, 0.05) is 0 Å². The van der Waals surface area contributed by atoms with E-state index in [1.54, 1.807) is 6.20 Å². The second-order valence-corrected chi connectivity index (χ2v) is 4.08. The molecule has 86 valence electrons. The fraction of sp³-hybridized carbons (Fsp3) is 0.545. The second-order valence-electron chi connectivity index (χ2n) is 4.08. The maximum Gasteiger partial charge on any atom is 0.163 e. The van der Waals surface area contributed by atoms with Crippen molar-refractivity contribution >= 4 is 16.9 Å². The van der Waals surface area contributed by atoms with Crippen molar-refractivity contribution in [1.82, 2.24) is 19.7 Å². The van der Waals surface area contributed by atoms with Crippen LogP contribution in [0.4, 0.5) is 5.82 Å². The molecule has 2 aromatic heterocycles. The van der Waals surface area contributed by atoms with E-state index >= 15 is 0 Å². The smallest absolute Gasteiger partial charge is 0.163 e. The van der Waals surface area contributed by atoms with Crippen molar-refractivity contribution in [3.63, 3.8) is 0 Å². The molecule has 0 amide bonds. The van der Waals surface area contributed by atoms with Gasteiger partial charge in [-0.25, -0.2) is 14.6 Å². The lowest BCUT2D eigenvalue weighted by molar-refractivity contribution is 0.454. The first-order chi connectivity index (χ1) is 7.74. The van der Waals surface area contributed by atoms with Gasteiger partial charge in [-0.1, -0.05) is 19.8 Å². The molecule has 0 spiro atoms. The van der Waals surface area contributed by atoms with Crippen LogP contribution >= 0.6 is 0 Å². The maximum absolute atomic E-state index is 5.77. The molecule has 5 nitrogen and oxygen atoms in total. The van der Waals surface area contributed by atoms with E-state index in [0.29, 0.717) is 11.9 Å². The molecule has 1 unspecified atom stereocenters. The first kappa shape index (κ1) is 10.9. The molecule has 0 aromatic carbocycles. The highest BCUT2D eigenvalue weighted by Gasteiger charge is 2.12. The Labute approximate surface area is 94.7 Å². The summed E-state index contributed by atoms with van der Waals surface area (Å²) in [6, 6.07) is 0.353. The van der Waals surface area contributed by atoms with E-state index < -0.39 is 0 Å². The molecule has 2 rings (SSSR count). The summed E-state index contributed by atoms with van der Waals surface area (Å²) in [6.45, 7) is 4.34. The summed E-state index contributed by atoms with van der Waals surface area (Å²) in [5, 5.41) is 5.18. The Morgan fingerprint density at radius 2 is 2.25 bits per heavy atom. The van der Waals surface area contributed by atoms with Crippen molar-refractivity contribution in [3.05, 3.63) is 12.5 Å². The molecule has 0 aliphatic rings. The molecule has 1 atom stereocenters. The van der Waals surface area contributed by atoms with Crippen LogP contribution in [-0.2, 0) is 0 Å². The first-order valence-corrected chi connectivity index (χ1v) is 5.67. The monoisotopic (exact) mass is 219 g/mol. The number of anilines is 1. The molecule has 2 heterocycles. The van der Waals surface area contributed by atoms with Gasteiger partial charge in [0.1, 0.15) is 12.1 Å². The van der Waals surface area contributed by atoms with Crippen molar-refractivity contribution in [2.75, 3.05) is 5.73 Å². The third-order valence-corrected chi connectivity index (χ3v) is 2.81. The minimum absolute atomic E-state index is 0.353. The molecule has 0 aliphatic heterocycles. The summed E-state index contributed by atoms with van der Waals surface area (Å²) in [5.74, 6) is 0.499. The fourth-order valence-electron chi connectivity index (χ4n) is 1.82. The minimum atomic E-state index is 0.353. The van der Waals surface area contributed by atoms with Crippen LogP contribution in [0.1, 0.15) is 39.2 Å². The molecule has 0 saturated heterocycles. The van der Waals surface area contributed by atoms with Crippen molar-refractivity contribution in [2.24, 2.45) is 0 Å². The van der Waals surface area contributed by atoms with E-state index in [4.69, 9.17) is 5.73 Å². The van der Waals surface area contributed by atoms with Crippen LogP contribution < -0.4 is 5.73 Å². The van der Waals surface area contributed by atoms with Gasteiger partial charge in [-0.05, 0) is 13.3 Å². The van der Waals surface area contributed by atoms with E-state index in [1.165, 1.54) is 19.2 Å². The Hall–Kier alpha value is -1.65. The highest BCUT2D eigenvalue weighted by atomic mass is 15.3. The molecular weight excluding hydrogens is 202 g/mol. The maximum atomic E-state index is 5.77. The average molecular weight is 219 g/mol. The number of hydrogen-bond donors (Lipinski definition) is 1. The summed E-state index contributed by atoms with van der Waals surface area (Å²) in [4.78, 5) is 8.20. The molecule has 5 heteroatoms. The van der Waals surface area contributed by atoms with E-state index in [1.807, 2.05) is 4.68 Å². The first-order valence-electron chi connectivity index (χ1n) is 5.67. The molecule has 2 aromatic rings. The van der Waals surface area contributed by atoms with Crippen LogP contribution in [0.2, 0.25) is 0 Å². The van der Waals surface area contributed by atoms with Crippen LogP contribution in [-0.4, -0.2) is 19.7 Å². The lowest BCUT2D eigenvalue weighted by atomic mass is 10.1. The van der Waals surface area contributed by atoms with Crippen LogP contribution in [0.15, 0.2) is 12.5 Å². The normalized spacial score (nSPS) is 13.1. The lowest BCUT2D eigenvalue weighted by Crippen LogP contribution is -2.07. The predicted molar refractivity (Wildman–Crippen MR) is 64.0 cm³/mol. The van der Waals surface area contributed by atoms with Crippen LogP contribution in [0.25, 0.3) is 11.0 Å². The fourth-order valence-corrected chi connectivity index (χ4v) is 1.82. The molecule has 0 radical (unpaired) electrons. The SMILES string of the molecule is CCCCC(C)n1ncc2c(N)ncnc21. The molecule has 0 fully saturated rings. The van der Waals surface area contributed by atoms with Gasteiger partial charge in [-0.15, -0.1) is 0 Å². The number of rotatable bonds is 4. The van der Waals surface area contributed by atoms with Gasteiger partial charge >= 0.3 is 0 Å². The van der Waals surface area contributed by atoms with Gasteiger partial charge in [0.2, 0.25) is 0 Å². The van der Waals surface area contributed by atoms with E-state index in [-0.39, 0.29) is 0 Å². The van der Waals surface area contributed by atoms with Crippen molar-refractivity contribution < 1.29 is 0 Å². The molecule has 2 N–H and O–H groups in total. The van der Waals surface area contributed by atoms with Gasteiger partial charge in [0.15, 0.2) is 5.65 Å². The van der Waals surface area contributed by atoms with Gasteiger partial charge in [-0.3, -0.25) is 0 Å². The van der Waals surface area contributed by atoms with Crippen molar-refractivity contribution in [3.8, 4) is 0 Å². The van der Waals surface area contributed by atoms with E-state index in [9.17, 15) is 0 Å². The average Bonchev–Trinajstić information content (AvgIpc) is 2.71. The predicted octanol–water partition coefficient (Wildman–Crippen LogP) is 2.16. The number of fused-ring (bicyclic) bond motifs is 1. The van der Waals surface area contributed by atoms with Gasteiger partial charge in [-0.2, -0.15) is 5.10 Å². The summed E-state index contributed by atoms with van der Waals surface area (Å²) >= 11 is 0. The largest absolute Gasteiger partial charge is 0.383 e. The number of nitrogen functional groups attached to an aromatic ring is 1. The highest BCUT2D eigenvalue weighted by Crippen LogP contribution is 2.21. The van der Waals surface area contributed by atoms with Gasteiger partial charge in [0.05, 0.1) is 17.6 Å². The third-order valence-electron chi connectivity index (χ3n) is 2.81.